The fourth-order valence-electron chi connectivity index (χ4n) is 6.16. The number of aryl methyl sites for hydroxylation is 1. The quantitative estimate of drug-likeness (QED) is 0.197. The number of fused-ring (bicyclic) bond motifs is 1. The number of aliphatic hydroxyl groups excluding tert-OH is 3. The van der Waals surface area contributed by atoms with Crippen LogP contribution in [0.1, 0.15) is 51.0 Å². The summed E-state index contributed by atoms with van der Waals surface area (Å²) in [5.41, 5.74) is 0.960. The zero-order valence-corrected chi connectivity index (χ0v) is 22.7. The number of carboxylic acids is 2. The normalized spacial score (nSPS) is 32.9. The van der Waals surface area contributed by atoms with Crippen molar-refractivity contribution in [2.75, 3.05) is 0 Å². The number of carbonyl (C=O) groups excluding carboxylic acids is 2. The van der Waals surface area contributed by atoms with Crippen LogP contribution in [0.2, 0.25) is 0 Å². The van der Waals surface area contributed by atoms with Gasteiger partial charge in [0.2, 0.25) is 12.2 Å². The van der Waals surface area contributed by atoms with Crippen LogP contribution in [0.4, 0.5) is 0 Å². The number of likely N-dealkylation sites (tertiary alicyclic amines) is 1. The second-order valence-electron chi connectivity index (χ2n) is 11.1. The minimum Gasteiger partial charge on any atom is -0.480 e. The van der Waals surface area contributed by atoms with E-state index >= 15 is 0 Å². The maximum atomic E-state index is 13.8. The smallest absolute Gasteiger partial charge is 0.335 e. The number of hydrogen-bond donors (Lipinski definition) is 6. The summed E-state index contributed by atoms with van der Waals surface area (Å²) in [6, 6.07) is 6.04. The summed E-state index contributed by atoms with van der Waals surface area (Å²) >= 11 is 0. The minimum atomic E-state index is -1.94. The first-order valence-corrected chi connectivity index (χ1v) is 14.0. The molecule has 13 nitrogen and oxygen atoms in total. The first kappa shape index (κ1) is 30.8. The van der Waals surface area contributed by atoms with E-state index < -0.39 is 72.6 Å². The van der Waals surface area contributed by atoms with E-state index in [0.29, 0.717) is 12.8 Å². The van der Waals surface area contributed by atoms with Gasteiger partial charge < -0.3 is 39.9 Å². The van der Waals surface area contributed by atoms with E-state index in [1.165, 1.54) is 4.90 Å². The largest absolute Gasteiger partial charge is 0.480 e. The molecular formula is C28H38N2O11. The van der Waals surface area contributed by atoms with Gasteiger partial charge in [-0.05, 0) is 50.5 Å². The topological polar surface area (TPSA) is 203 Å². The lowest BCUT2D eigenvalue weighted by Crippen LogP contribution is -2.61. The molecule has 6 N–H and O–H groups in total. The average Bonchev–Trinajstić information content (AvgIpc) is 3.35. The zero-order chi connectivity index (χ0) is 29.8. The monoisotopic (exact) mass is 578 g/mol. The Morgan fingerprint density at radius 2 is 1.71 bits per heavy atom. The number of nitrogens with zero attached hydrogens (tertiary/aromatic N) is 1. The van der Waals surface area contributed by atoms with Gasteiger partial charge in [0.1, 0.15) is 30.4 Å². The van der Waals surface area contributed by atoms with Crippen LogP contribution in [0.3, 0.4) is 0 Å². The molecule has 4 rings (SSSR count). The van der Waals surface area contributed by atoms with Crippen LogP contribution in [-0.4, -0.2) is 109 Å². The Labute approximate surface area is 237 Å². The maximum Gasteiger partial charge on any atom is 0.335 e. The molecule has 0 aromatic heterocycles. The summed E-state index contributed by atoms with van der Waals surface area (Å²) in [4.78, 5) is 52.0. The van der Waals surface area contributed by atoms with Gasteiger partial charge in [0, 0.05) is 6.04 Å². The summed E-state index contributed by atoms with van der Waals surface area (Å²) in [6.45, 7) is 1.54. The second-order valence-corrected chi connectivity index (χ2v) is 11.1. The van der Waals surface area contributed by atoms with Gasteiger partial charge in [-0.3, -0.25) is 14.9 Å². The van der Waals surface area contributed by atoms with Crippen LogP contribution in [0.5, 0.6) is 0 Å². The van der Waals surface area contributed by atoms with Crippen molar-refractivity contribution in [1.82, 2.24) is 10.2 Å². The molecule has 41 heavy (non-hydrogen) atoms. The molecule has 1 amide bonds. The van der Waals surface area contributed by atoms with Gasteiger partial charge in [-0.15, -0.1) is 0 Å². The van der Waals surface area contributed by atoms with Crippen molar-refractivity contribution in [2.45, 2.75) is 107 Å². The highest BCUT2D eigenvalue weighted by Crippen LogP contribution is 2.41. The predicted octanol–water partition coefficient (Wildman–Crippen LogP) is -0.354. The van der Waals surface area contributed by atoms with Crippen molar-refractivity contribution >= 4 is 23.8 Å². The number of ether oxygens (including phenoxy) is 2. The van der Waals surface area contributed by atoms with E-state index in [-0.39, 0.29) is 24.8 Å². The Morgan fingerprint density at radius 3 is 2.37 bits per heavy atom. The van der Waals surface area contributed by atoms with Gasteiger partial charge in [0.15, 0.2) is 6.10 Å². The number of benzene rings is 1. The summed E-state index contributed by atoms with van der Waals surface area (Å²) in [5.74, 6) is -4.15. The number of carbonyl (C=O) groups is 4. The molecule has 2 aliphatic heterocycles. The van der Waals surface area contributed by atoms with Crippen molar-refractivity contribution in [3.8, 4) is 0 Å². The van der Waals surface area contributed by atoms with E-state index in [0.717, 1.165) is 24.8 Å². The minimum absolute atomic E-state index is 0.00202. The molecule has 0 bridgehead atoms. The zero-order valence-electron chi connectivity index (χ0n) is 22.7. The third-order valence-electron chi connectivity index (χ3n) is 8.34. The van der Waals surface area contributed by atoms with Gasteiger partial charge in [0.05, 0.1) is 6.04 Å². The van der Waals surface area contributed by atoms with E-state index in [1.807, 2.05) is 30.3 Å². The third kappa shape index (κ3) is 6.87. The van der Waals surface area contributed by atoms with Crippen molar-refractivity contribution < 1.29 is 54.2 Å². The molecule has 13 heteroatoms. The van der Waals surface area contributed by atoms with Crippen LogP contribution in [-0.2, 0) is 35.1 Å². The second kappa shape index (κ2) is 13.3. The SMILES string of the molecule is C[C@H](N[C@@H](CCc1ccccc1)C(=O)O)C(=O)N1[C@H](C(=O)O[C@@H]2O[C@H](C(=O)O)[C@@H](O)[C@H](O)[C@H]2O)C[C@H]2CCCC[C@@H]21. The lowest BCUT2D eigenvalue weighted by molar-refractivity contribution is -0.287. The molecule has 0 radical (unpaired) electrons. The summed E-state index contributed by atoms with van der Waals surface area (Å²) < 4.78 is 10.4. The van der Waals surface area contributed by atoms with Gasteiger partial charge >= 0.3 is 17.9 Å². The van der Waals surface area contributed by atoms with Crippen LogP contribution in [0.25, 0.3) is 0 Å². The first-order valence-electron chi connectivity index (χ1n) is 14.0. The molecule has 10 atom stereocenters. The first-order chi connectivity index (χ1) is 19.5. The fourth-order valence-corrected chi connectivity index (χ4v) is 6.16. The molecular weight excluding hydrogens is 540 g/mol. The van der Waals surface area contributed by atoms with Gasteiger partial charge in [-0.1, -0.05) is 43.2 Å². The standard InChI is InChI=1S/C28H38N2O11/c1-14(29-17(25(35)36)12-11-15-7-3-2-4-8-15)24(34)30-18-10-6-5-9-16(18)13-19(30)27(39)41-28-22(33)20(31)21(32)23(40-28)26(37)38/h2-4,7-8,14,16-23,28-29,31-33H,5-6,9-13H2,1H3,(H,35,36)(H,37,38)/t14-,16+,17-,18-,19-,20-,21-,22+,23-,28-/m0/s1. The Balaban J connectivity index is 1.47. The predicted molar refractivity (Wildman–Crippen MR) is 140 cm³/mol. The van der Waals surface area contributed by atoms with Crippen molar-refractivity contribution in [3.63, 3.8) is 0 Å². The number of hydrogen-bond acceptors (Lipinski definition) is 10. The molecule has 0 spiro atoms. The molecule has 1 aromatic carbocycles. The van der Waals surface area contributed by atoms with E-state index in [9.17, 15) is 44.7 Å². The van der Waals surface area contributed by atoms with Crippen molar-refractivity contribution in [3.05, 3.63) is 35.9 Å². The fraction of sp³-hybridized carbons (Fsp3) is 0.643. The summed E-state index contributed by atoms with van der Waals surface area (Å²) in [5, 5.41) is 52.3. The summed E-state index contributed by atoms with van der Waals surface area (Å²) in [7, 11) is 0. The number of amides is 1. The molecule has 226 valence electrons. The van der Waals surface area contributed by atoms with E-state index in [2.05, 4.69) is 5.32 Å². The number of carboxylic acid groups (broad SMARTS) is 2. The third-order valence-corrected chi connectivity index (χ3v) is 8.34. The van der Waals surface area contributed by atoms with Gasteiger partial charge in [0.25, 0.3) is 0 Å². The van der Waals surface area contributed by atoms with Gasteiger partial charge in [-0.25, -0.2) is 9.59 Å². The summed E-state index contributed by atoms with van der Waals surface area (Å²) in [6.07, 6.45) is -5.43. The number of aliphatic carboxylic acids is 2. The number of esters is 1. The van der Waals surface area contributed by atoms with E-state index in [1.54, 1.807) is 6.92 Å². The highest BCUT2D eigenvalue weighted by Gasteiger charge is 2.52. The maximum absolute atomic E-state index is 13.8. The average molecular weight is 579 g/mol. The highest BCUT2D eigenvalue weighted by molar-refractivity contribution is 5.89. The number of aliphatic hydroxyl groups is 3. The Kier molecular flexibility index (Phi) is 9.97. The molecule has 1 aromatic rings. The van der Waals surface area contributed by atoms with Crippen molar-refractivity contribution in [1.29, 1.82) is 0 Å². The lowest BCUT2D eigenvalue weighted by atomic mass is 9.84. The molecule has 1 saturated carbocycles. The highest BCUT2D eigenvalue weighted by atomic mass is 16.7. The number of rotatable bonds is 10. The Bertz CT molecular complexity index is 1100. The Hall–Kier alpha value is -3.10. The van der Waals surface area contributed by atoms with Crippen LogP contribution < -0.4 is 5.32 Å². The molecule has 1 aliphatic carbocycles. The molecule has 0 unspecified atom stereocenters. The van der Waals surface area contributed by atoms with Crippen LogP contribution >= 0.6 is 0 Å². The van der Waals surface area contributed by atoms with Crippen LogP contribution in [0, 0.1) is 5.92 Å². The van der Waals surface area contributed by atoms with Gasteiger partial charge in [-0.2, -0.15) is 0 Å². The molecule has 2 heterocycles. The molecule has 2 saturated heterocycles. The Morgan fingerprint density at radius 1 is 1.02 bits per heavy atom. The van der Waals surface area contributed by atoms with Crippen LogP contribution in [0.15, 0.2) is 30.3 Å². The van der Waals surface area contributed by atoms with Crippen molar-refractivity contribution in [2.24, 2.45) is 5.92 Å². The lowest BCUT2D eigenvalue weighted by Gasteiger charge is -2.39. The molecule has 3 fully saturated rings. The molecule has 3 aliphatic rings. The van der Waals surface area contributed by atoms with E-state index in [4.69, 9.17) is 9.47 Å². The number of nitrogens with one attached hydrogen (secondary N) is 1.